The molecule has 0 radical (unpaired) electrons. The number of hydrogen-bond acceptors (Lipinski definition) is 3. The van der Waals surface area contributed by atoms with Crippen LogP contribution < -0.4 is 10.1 Å². The van der Waals surface area contributed by atoms with Crippen LogP contribution in [0.1, 0.15) is 24.2 Å². The van der Waals surface area contributed by atoms with Crippen LogP contribution in [-0.4, -0.2) is 18.0 Å². The van der Waals surface area contributed by atoms with Crippen molar-refractivity contribution < 1.29 is 9.53 Å². The molecule has 0 aliphatic rings. The molecule has 0 saturated carbocycles. The minimum atomic E-state index is -0.193. The number of benzene rings is 1. The lowest BCUT2D eigenvalue weighted by Crippen LogP contribution is -2.28. The highest BCUT2D eigenvalue weighted by molar-refractivity contribution is 6.42. The maximum Gasteiger partial charge on any atom is 0.224 e. The van der Waals surface area contributed by atoms with E-state index in [0.717, 1.165) is 11.3 Å². The maximum atomic E-state index is 12.1. The molecule has 1 atom stereocenters. The number of hydrogen-bond donors (Lipinski definition) is 1. The molecule has 1 N–H and O–H groups in total. The second kappa shape index (κ2) is 7.47. The Morgan fingerprint density at radius 1 is 1.27 bits per heavy atom. The number of ether oxygens (including phenoxy) is 1. The van der Waals surface area contributed by atoms with Crippen LogP contribution >= 0.6 is 23.2 Å². The SMILES string of the molecule is COc1ccc([C@@H](C)NC(=O)Cc2ccc(Cl)c(Cl)c2)nc1. The summed E-state index contributed by atoms with van der Waals surface area (Å²) in [5, 5.41) is 3.81. The molecule has 2 rings (SSSR count). The van der Waals surface area contributed by atoms with Crippen LogP contribution in [0.2, 0.25) is 10.0 Å². The van der Waals surface area contributed by atoms with Crippen LogP contribution in [-0.2, 0) is 11.2 Å². The van der Waals surface area contributed by atoms with Crippen molar-refractivity contribution in [3.05, 3.63) is 57.8 Å². The number of pyridine rings is 1. The van der Waals surface area contributed by atoms with Gasteiger partial charge in [0.05, 0.1) is 41.5 Å². The van der Waals surface area contributed by atoms with Gasteiger partial charge in [-0.1, -0.05) is 29.3 Å². The molecular formula is C16H16Cl2N2O2. The predicted molar refractivity (Wildman–Crippen MR) is 87.5 cm³/mol. The lowest BCUT2D eigenvalue weighted by Gasteiger charge is -2.14. The van der Waals surface area contributed by atoms with Crippen LogP contribution in [0.3, 0.4) is 0 Å². The monoisotopic (exact) mass is 338 g/mol. The predicted octanol–water partition coefficient (Wildman–Crippen LogP) is 3.82. The van der Waals surface area contributed by atoms with Gasteiger partial charge in [0.2, 0.25) is 5.91 Å². The zero-order valence-corrected chi connectivity index (χ0v) is 13.8. The molecule has 0 bridgehead atoms. The largest absolute Gasteiger partial charge is 0.495 e. The molecule has 116 valence electrons. The third-order valence-electron chi connectivity index (χ3n) is 3.16. The average molecular weight is 339 g/mol. The average Bonchev–Trinajstić information content (AvgIpc) is 2.51. The molecule has 1 amide bonds. The minimum absolute atomic E-state index is 0.108. The molecule has 6 heteroatoms. The van der Waals surface area contributed by atoms with Crippen LogP contribution in [0, 0.1) is 0 Å². The van der Waals surface area contributed by atoms with Gasteiger partial charge in [-0.25, -0.2) is 0 Å². The second-order valence-corrected chi connectivity index (χ2v) is 5.65. The van der Waals surface area contributed by atoms with E-state index in [4.69, 9.17) is 27.9 Å². The van der Waals surface area contributed by atoms with E-state index in [0.29, 0.717) is 15.8 Å². The van der Waals surface area contributed by atoms with E-state index in [-0.39, 0.29) is 18.4 Å². The standard InChI is InChI=1S/C16H16Cl2N2O2/c1-10(15-6-4-12(22-2)9-19-15)20-16(21)8-11-3-5-13(17)14(18)7-11/h3-7,9-10H,8H2,1-2H3,(H,20,21)/t10-/m1/s1. The third kappa shape index (κ3) is 4.36. The van der Waals surface area contributed by atoms with Gasteiger partial charge in [0, 0.05) is 0 Å². The first kappa shape index (κ1) is 16.6. The fourth-order valence-electron chi connectivity index (χ4n) is 1.97. The summed E-state index contributed by atoms with van der Waals surface area (Å²) < 4.78 is 5.06. The van der Waals surface area contributed by atoms with Crippen molar-refractivity contribution in [1.82, 2.24) is 10.3 Å². The first-order chi connectivity index (χ1) is 10.5. The molecule has 0 aliphatic carbocycles. The Labute approximate surface area is 139 Å². The summed E-state index contributed by atoms with van der Waals surface area (Å²) in [4.78, 5) is 16.3. The second-order valence-electron chi connectivity index (χ2n) is 4.84. The summed E-state index contributed by atoms with van der Waals surface area (Å²) in [7, 11) is 1.58. The van der Waals surface area contributed by atoms with Crippen LogP contribution in [0.25, 0.3) is 0 Å². The van der Waals surface area contributed by atoms with Crippen molar-refractivity contribution in [2.75, 3.05) is 7.11 Å². The molecule has 0 aliphatic heterocycles. The zero-order chi connectivity index (χ0) is 16.1. The molecule has 0 saturated heterocycles. The number of nitrogens with one attached hydrogen (secondary N) is 1. The molecule has 0 spiro atoms. The molecule has 1 aromatic carbocycles. The number of carbonyl (C=O) groups excluding carboxylic acids is 1. The van der Waals surface area contributed by atoms with Crippen LogP contribution in [0.15, 0.2) is 36.5 Å². The van der Waals surface area contributed by atoms with E-state index in [1.165, 1.54) is 0 Å². The van der Waals surface area contributed by atoms with Gasteiger partial charge in [-0.05, 0) is 36.8 Å². The Balaban J connectivity index is 1.96. The van der Waals surface area contributed by atoms with Crippen molar-refractivity contribution in [3.63, 3.8) is 0 Å². The van der Waals surface area contributed by atoms with E-state index < -0.39 is 0 Å². The normalized spacial score (nSPS) is 11.8. The summed E-state index contributed by atoms with van der Waals surface area (Å²) in [6, 6.07) is 8.60. The number of nitrogens with zero attached hydrogens (tertiary/aromatic N) is 1. The fourth-order valence-corrected chi connectivity index (χ4v) is 2.29. The van der Waals surface area contributed by atoms with Gasteiger partial charge in [-0.15, -0.1) is 0 Å². The van der Waals surface area contributed by atoms with Crippen molar-refractivity contribution in [2.24, 2.45) is 0 Å². The summed E-state index contributed by atoms with van der Waals surface area (Å²) >= 11 is 11.8. The highest BCUT2D eigenvalue weighted by Crippen LogP contribution is 2.23. The van der Waals surface area contributed by atoms with E-state index in [1.807, 2.05) is 19.1 Å². The van der Waals surface area contributed by atoms with Gasteiger partial charge in [-0.3, -0.25) is 9.78 Å². The van der Waals surface area contributed by atoms with Gasteiger partial charge in [-0.2, -0.15) is 0 Å². The van der Waals surface area contributed by atoms with E-state index in [1.54, 1.807) is 31.5 Å². The van der Waals surface area contributed by atoms with Crippen LogP contribution in [0.5, 0.6) is 5.75 Å². The van der Waals surface area contributed by atoms with Gasteiger partial charge in [0.15, 0.2) is 0 Å². The maximum absolute atomic E-state index is 12.1. The summed E-state index contributed by atoms with van der Waals surface area (Å²) in [6.07, 6.45) is 1.86. The molecule has 0 unspecified atom stereocenters. The quantitative estimate of drug-likeness (QED) is 0.901. The van der Waals surface area contributed by atoms with Gasteiger partial charge >= 0.3 is 0 Å². The van der Waals surface area contributed by atoms with E-state index in [9.17, 15) is 4.79 Å². The minimum Gasteiger partial charge on any atom is -0.495 e. The van der Waals surface area contributed by atoms with Crippen molar-refractivity contribution in [3.8, 4) is 5.75 Å². The van der Waals surface area contributed by atoms with E-state index >= 15 is 0 Å². The van der Waals surface area contributed by atoms with Gasteiger partial charge in [0.25, 0.3) is 0 Å². The van der Waals surface area contributed by atoms with Crippen molar-refractivity contribution in [2.45, 2.75) is 19.4 Å². The summed E-state index contributed by atoms with van der Waals surface area (Å²) in [5.74, 6) is 0.571. The smallest absolute Gasteiger partial charge is 0.224 e. The van der Waals surface area contributed by atoms with Crippen LogP contribution in [0.4, 0.5) is 0 Å². The van der Waals surface area contributed by atoms with E-state index in [2.05, 4.69) is 10.3 Å². The first-order valence-corrected chi connectivity index (χ1v) is 7.48. The lowest BCUT2D eigenvalue weighted by atomic mass is 10.1. The Hall–Kier alpha value is -1.78. The molecule has 4 nitrogen and oxygen atoms in total. The van der Waals surface area contributed by atoms with Crippen molar-refractivity contribution >= 4 is 29.1 Å². The Morgan fingerprint density at radius 2 is 2.05 bits per heavy atom. The Kier molecular flexibility index (Phi) is 5.63. The lowest BCUT2D eigenvalue weighted by molar-refractivity contribution is -0.121. The van der Waals surface area contributed by atoms with Gasteiger partial charge in [0.1, 0.15) is 5.75 Å². The molecule has 0 fully saturated rings. The number of methoxy groups -OCH3 is 1. The number of amides is 1. The molecule has 2 aromatic rings. The number of halogens is 2. The number of aromatic nitrogens is 1. The Bertz CT molecular complexity index is 660. The summed E-state index contributed by atoms with van der Waals surface area (Å²) in [6.45, 7) is 1.88. The van der Waals surface area contributed by atoms with Gasteiger partial charge < -0.3 is 10.1 Å². The first-order valence-electron chi connectivity index (χ1n) is 6.73. The fraction of sp³-hybridized carbons (Fsp3) is 0.250. The van der Waals surface area contributed by atoms with Crippen molar-refractivity contribution in [1.29, 1.82) is 0 Å². The zero-order valence-electron chi connectivity index (χ0n) is 12.3. The Morgan fingerprint density at radius 3 is 2.64 bits per heavy atom. The number of carbonyl (C=O) groups is 1. The molecule has 1 aromatic heterocycles. The topological polar surface area (TPSA) is 51.2 Å². The molecule has 22 heavy (non-hydrogen) atoms. The molecule has 1 heterocycles. The number of rotatable bonds is 5. The highest BCUT2D eigenvalue weighted by Gasteiger charge is 2.12. The third-order valence-corrected chi connectivity index (χ3v) is 3.90. The summed E-state index contributed by atoms with van der Waals surface area (Å²) in [5.41, 5.74) is 1.57. The highest BCUT2D eigenvalue weighted by atomic mass is 35.5. The molecular weight excluding hydrogens is 323 g/mol.